The smallest absolute Gasteiger partial charge is 0.410 e. The number of amides is 1. The summed E-state index contributed by atoms with van der Waals surface area (Å²) in [6.45, 7) is 13.7. The lowest BCUT2D eigenvalue weighted by molar-refractivity contribution is 0.0187. The van der Waals surface area contributed by atoms with Crippen molar-refractivity contribution < 1.29 is 24.2 Å². The van der Waals surface area contributed by atoms with Crippen LogP contribution in [0.2, 0.25) is 0 Å². The molecule has 34 heavy (non-hydrogen) atoms. The Morgan fingerprint density at radius 1 is 1.15 bits per heavy atom. The maximum Gasteiger partial charge on any atom is 0.410 e. The molecule has 8 heteroatoms. The summed E-state index contributed by atoms with van der Waals surface area (Å²) in [5.74, 6) is -0.914. The number of aromatic carboxylic acids is 1. The molecule has 0 saturated carbocycles. The molecule has 0 radical (unpaired) electrons. The fourth-order valence-corrected chi connectivity index (χ4v) is 4.85. The van der Waals surface area contributed by atoms with Crippen LogP contribution in [0.25, 0.3) is 11.1 Å². The van der Waals surface area contributed by atoms with Crippen LogP contribution in [-0.4, -0.2) is 76.4 Å². The number of hydrogen-bond acceptors (Lipinski definition) is 5. The average Bonchev–Trinajstić information content (AvgIpc) is 3.21. The number of pyridine rings is 1. The zero-order chi connectivity index (χ0) is 24.6. The van der Waals surface area contributed by atoms with Gasteiger partial charge in [-0.3, -0.25) is 4.90 Å². The molecule has 1 amide bonds. The second-order valence-corrected chi connectivity index (χ2v) is 10.1. The van der Waals surface area contributed by atoms with Crippen LogP contribution in [0, 0.1) is 6.92 Å². The Hall–Kier alpha value is -2.84. The van der Waals surface area contributed by atoms with Crippen molar-refractivity contribution in [3.05, 3.63) is 46.8 Å². The predicted octanol–water partition coefficient (Wildman–Crippen LogP) is 4.36. The number of carboxylic acids is 1. The summed E-state index contributed by atoms with van der Waals surface area (Å²) in [4.78, 5) is 28.5. The molecule has 1 atom stereocenters. The van der Waals surface area contributed by atoms with E-state index in [2.05, 4.69) is 34.6 Å². The monoisotopic (exact) mass is 469 g/mol. The molecule has 2 aromatic rings. The van der Waals surface area contributed by atoms with Gasteiger partial charge in [-0.1, -0.05) is 6.08 Å². The molecule has 4 rings (SSSR count). The third-order valence-electron chi connectivity index (χ3n) is 6.64. The highest BCUT2D eigenvalue weighted by atomic mass is 16.6. The molecule has 1 saturated heterocycles. The van der Waals surface area contributed by atoms with E-state index >= 15 is 0 Å². The molecule has 1 fully saturated rings. The number of aromatic nitrogens is 1. The van der Waals surface area contributed by atoms with Crippen LogP contribution in [0.3, 0.4) is 0 Å². The molecule has 1 unspecified atom stereocenters. The van der Waals surface area contributed by atoms with E-state index in [-0.39, 0.29) is 12.1 Å². The normalized spacial score (nSPS) is 18.6. The van der Waals surface area contributed by atoms with Gasteiger partial charge in [0.25, 0.3) is 0 Å². The number of fused-ring (bicyclic) bond motifs is 1. The quantitative estimate of drug-likeness (QED) is 0.716. The molecule has 0 bridgehead atoms. The number of hydrogen-bond donors (Lipinski definition) is 1. The highest BCUT2D eigenvalue weighted by Crippen LogP contribution is 2.32. The van der Waals surface area contributed by atoms with Crippen molar-refractivity contribution in [3.63, 3.8) is 0 Å². The molecule has 184 valence electrons. The van der Waals surface area contributed by atoms with Crippen molar-refractivity contribution >= 4 is 23.2 Å². The minimum atomic E-state index is -0.914. The first-order valence-corrected chi connectivity index (χ1v) is 11.9. The van der Waals surface area contributed by atoms with Gasteiger partial charge in [-0.15, -0.1) is 0 Å². The first-order valence-electron chi connectivity index (χ1n) is 11.9. The lowest BCUT2D eigenvalue weighted by atomic mass is 10.0. The highest BCUT2D eigenvalue weighted by molar-refractivity contribution is 5.91. The Bertz CT molecular complexity index is 1120. The van der Waals surface area contributed by atoms with Gasteiger partial charge in [0, 0.05) is 49.6 Å². The first kappa shape index (κ1) is 24.3. The van der Waals surface area contributed by atoms with Gasteiger partial charge in [-0.05, 0) is 69.9 Å². The van der Waals surface area contributed by atoms with Crippen molar-refractivity contribution in [1.82, 2.24) is 14.2 Å². The number of nitrogens with zero attached hydrogens (tertiary/aromatic N) is 3. The Kier molecular flexibility index (Phi) is 6.73. The summed E-state index contributed by atoms with van der Waals surface area (Å²) in [6.07, 6.45) is 4.59. The average molecular weight is 470 g/mol. The molecule has 0 aromatic carbocycles. The number of carboxylic acid groups (broad SMARTS) is 1. The van der Waals surface area contributed by atoms with Crippen LogP contribution >= 0.6 is 0 Å². The Labute approximate surface area is 200 Å². The summed E-state index contributed by atoms with van der Waals surface area (Å²) in [5.41, 5.74) is 4.67. The SMILES string of the molecule is Cc1c(C(=O)O)cc2cc(C3=CCN(C(=O)OC(C)(C)C)CC3)cn2c1C(C)N1CCOCC1. The van der Waals surface area contributed by atoms with Crippen LogP contribution in [-0.2, 0) is 9.47 Å². The lowest BCUT2D eigenvalue weighted by Gasteiger charge is -2.34. The van der Waals surface area contributed by atoms with Gasteiger partial charge in [-0.25, -0.2) is 9.59 Å². The van der Waals surface area contributed by atoms with E-state index in [1.54, 1.807) is 11.0 Å². The largest absolute Gasteiger partial charge is 0.478 e. The van der Waals surface area contributed by atoms with Gasteiger partial charge in [0.15, 0.2) is 0 Å². The van der Waals surface area contributed by atoms with Crippen molar-refractivity contribution in [2.45, 2.75) is 52.7 Å². The number of ether oxygens (including phenoxy) is 2. The van der Waals surface area contributed by atoms with E-state index < -0.39 is 11.6 Å². The molecular formula is C26H35N3O5. The van der Waals surface area contributed by atoms with Gasteiger partial charge >= 0.3 is 12.1 Å². The minimum absolute atomic E-state index is 0.0499. The number of morpholine rings is 1. The van der Waals surface area contributed by atoms with Crippen LogP contribution in [0.15, 0.2) is 24.4 Å². The van der Waals surface area contributed by atoms with Crippen molar-refractivity contribution in [3.8, 4) is 0 Å². The third kappa shape index (κ3) is 4.98. The van der Waals surface area contributed by atoms with Crippen molar-refractivity contribution in [1.29, 1.82) is 0 Å². The van der Waals surface area contributed by atoms with Crippen LogP contribution < -0.4 is 0 Å². The van der Waals surface area contributed by atoms with E-state index in [0.717, 1.165) is 47.4 Å². The minimum Gasteiger partial charge on any atom is -0.478 e. The third-order valence-corrected chi connectivity index (χ3v) is 6.64. The van der Waals surface area contributed by atoms with E-state index in [9.17, 15) is 14.7 Å². The fourth-order valence-electron chi connectivity index (χ4n) is 4.85. The standard InChI is InChI=1S/C26H35N3O5/c1-17-22(24(30)31)15-21-14-20(16-29(21)23(17)18(2)27-10-12-33-13-11-27)19-6-8-28(9-7-19)25(32)34-26(3,4)5/h6,14-16,18H,7-13H2,1-5H3,(H,30,31). The molecule has 2 aliphatic rings. The van der Waals surface area contributed by atoms with E-state index in [1.165, 1.54) is 0 Å². The van der Waals surface area contributed by atoms with Crippen molar-refractivity contribution in [2.75, 3.05) is 39.4 Å². The summed E-state index contributed by atoms with van der Waals surface area (Å²) in [7, 11) is 0. The molecule has 2 aromatic heterocycles. The predicted molar refractivity (Wildman–Crippen MR) is 130 cm³/mol. The topological polar surface area (TPSA) is 83.7 Å². The zero-order valence-corrected chi connectivity index (χ0v) is 20.8. The van der Waals surface area contributed by atoms with Crippen LogP contribution in [0.1, 0.15) is 67.3 Å². The molecule has 4 heterocycles. The highest BCUT2D eigenvalue weighted by Gasteiger charge is 2.27. The lowest BCUT2D eigenvalue weighted by Crippen LogP contribution is -2.39. The van der Waals surface area contributed by atoms with E-state index in [1.807, 2.05) is 27.7 Å². The van der Waals surface area contributed by atoms with E-state index in [4.69, 9.17) is 9.47 Å². The molecular weight excluding hydrogens is 434 g/mol. The van der Waals surface area contributed by atoms with Crippen LogP contribution in [0.4, 0.5) is 4.79 Å². The molecule has 2 aliphatic heterocycles. The van der Waals surface area contributed by atoms with Gasteiger partial charge in [-0.2, -0.15) is 0 Å². The van der Waals surface area contributed by atoms with Gasteiger partial charge in [0.1, 0.15) is 5.60 Å². The Balaban J connectivity index is 1.67. The van der Waals surface area contributed by atoms with Gasteiger partial charge in [0.05, 0.1) is 18.8 Å². The summed E-state index contributed by atoms with van der Waals surface area (Å²) < 4.78 is 13.2. The summed E-state index contributed by atoms with van der Waals surface area (Å²) >= 11 is 0. The fraction of sp³-hybridized carbons (Fsp3) is 0.538. The summed E-state index contributed by atoms with van der Waals surface area (Å²) in [5, 5.41) is 9.86. The maximum absolute atomic E-state index is 12.4. The van der Waals surface area contributed by atoms with Gasteiger partial charge < -0.3 is 23.9 Å². The molecule has 0 aliphatic carbocycles. The summed E-state index contributed by atoms with van der Waals surface area (Å²) in [6, 6.07) is 3.86. The maximum atomic E-state index is 12.4. The number of carbonyl (C=O) groups excluding carboxylic acids is 1. The Morgan fingerprint density at radius 2 is 1.85 bits per heavy atom. The second kappa shape index (κ2) is 9.43. The number of rotatable bonds is 4. The Morgan fingerprint density at radius 3 is 2.44 bits per heavy atom. The first-order chi connectivity index (χ1) is 16.0. The molecule has 8 nitrogen and oxygen atoms in total. The van der Waals surface area contributed by atoms with E-state index in [0.29, 0.717) is 31.9 Å². The number of carbonyl (C=O) groups is 2. The van der Waals surface area contributed by atoms with Gasteiger partial charge in [0.2, 0.25) is 0 Å². The molecule has 0 spiro atoms. The molecule has 1 N–H and O–H groups in total. The van der Waals surface area contributed by atoms with Crippen LogP contribution in [0.5, 0.6) is 0 Å². The second-order valence-electron chi connectivity index (χ2n) is 10.1. The van der Waals surface area contributed by atoms with Crippen molar-refractivity contribution in [2.24, 2.45) is 0 Å². The zero-order valence-electron chi connectivity index (χ0n) is 20.8.